The zero-order valence-corrected chi connectivity index (χ0v) is 18.2. The molecule has 0 aliphatic carbocycles. The molecule has 0 unspecified atom stereocenters. The number of hydrogen-bond acceptors (Lipinski definition) is 5. The molecule has 0 saturated carbocycles. The maximum atomic E-state index is 13.0. The molecule has 3 aromatic rings. The number of ether oxygens (including phenoxy) is 2. The summed E-state index contributed by atoms with van der Waals surface area (Å²) < 4.78 is 12.8. The molecule has 0 amide bonds. The predicted molar refractivity (Wildman–Crippen MR) is 121 cm³/mol. The van der Waals surface area contributed by atoms with Crippen molar-refractivity contribution >= 4 is 17.2 Å². The molecular formula is C23H28N2O3S. The second-order valence-corrected chi connectivity index (χ2v) is 8.70. The molecule has 6 heteroatoms. The predicted octanol–water partition coefficient (Wildman–Crippen LogP) is 5.22. The van der Waals surface area contributed by atoms with Crippen molar-refractivity contribution in [3.63, 3.8) is 0 Å². The average molecular weight is 413 g/mol. The van der Waals surface area contributed by atoms with Gasteiger partial charge in [-0.1, -0.05) is 47.9 Å². The number of nitrogens with one attached hydrogen (secondary N) is 1. The molecule has 3 rings (SSSR count). The Morgan fingerprint density at radius 2 is 1.76 bits per heavy atom. The van der Waals surface area contributed by atoms with E-state index in [-0.39, 0.29) is 11.1 Å². The summed E-state index contributed by atoms with van der Waals surface area (Å²) >= 11 is 1.51. The smallest absolute Gasteiger partial charge is 0.285 e. The van der Waals surface area contributed by atoms with Crippen molar-refractivity contribution < 1.29 is 9.47 Å². The van der Waals surface area contributed by atoms with Crippen LogP contribution in [-0.4, -0.2) is 24.2 Å². The molecular weight excluding hydrogens is 384 g/mol. The SMILES string of the molecule is COc1cccc(OCCCNc2c(-c3ccccc3)sn(C(C)(C)C)c2=O)c1. The second-order valence-electron chi connectivity index (χ2n) is 7.74. The van der Waals surface area contributed by atoms with Gasteiger partial charge in [0.1, 0.15) is 17.2 Å². The first-order chi connectivity index (χ1) is 13.9. The number of benzene rings is 2. The summed E-state index contributed by atoms with van der Waals surface area (Å²) in [6.45, 7) is 7.35. The van der Waals surface area contributed by atoms with Crippen LogP contribution in [0.25, 0.3) is 10.4 Å². The van der Waals surface area contributed by atoms with Crippen LogP contribution in [0.2, 0.25) is 0 Å². The molecule has 1 aromatic heterocycles. The number of anilines is 1. The zero-order chi connectivity index (χ0) is 20.9. The zero-order valence-electron chi connectivity index (χ0n) is 17.4. The Bertz CT molecular complexity index is 987. The third-order valence-electron chi connectivity index (χ3n) is 4.39. The summed E-state index contributed by atoms with van der Waals surface area (Å²) in [5.74, 6) is 1.55. The highest BCUT2D eigenvalue weighted by Gasteiger charge is 2.23. The lowest BCUT2D eigenvalue weighted by molar-refractivity contribution is 0.312. The van der Waals surface area contributed by atoms with Crippen molar-refractivity contribution in [3.05, 3.63) is 65.0 Å². The molecule has 0 aliphatic heterocycles. The maximum absolute atomic E-state index is 13.0. The van der Waals surface area contributed by atoms with Gasteiger partial charge in [0, 0.05) is 12.6 Å². The quantitative estimate of drug-likeness (QED) is 0.515. The van der Waals surface area contributed by atoms with Gasteiger partial charge >= 0.3 is 0 Å². The normalized spacial score (nSPS) is 11.3. The summed E-state index contributed by atoms with van der Waals surface area (Å²) in [5, 5.41) is 3.35. The Hall–Kier alpha value is -2.73. The standard InChI is InChI=1S/C23H28N2O3S/c1-23(2,3)25-22(26)20(21(29-25)17-10-6-5-7-11-17)24-14-9-15-28-19-13-8-12-18(16-19)27-4/h5-8,10-13,16,24H,9,14-15H2,1-4H3. The molecule has 1 N–H and O–H groups in total. The van der Waals surface area contributed by atoms with Crippen LogP contribution in [0.15, 0.2) is 59.4 Å². The minimum absolute atomic E-state index is 0.0232. The lowest BCUT2D eigenvalue weighted by atomic mass is 10.1. The van der Waals surface area contributed by atoms with Gasteiger partial charge in [-0.3, -0.25) is 8.75 Å². The van der Waals surface area contributed by atoms with Gasteiger partial charge in [0.25, 0.3) is 5.56 Å². The minimum atomic E-state index is -0.263. The summed E-state index contributed by atoms with van der Waals surface area (Å²) in [6, 6.07) is 17.6. The Morgan fingerprint density at radius 3 is 2.45 bits per heavy atom. The van der Waals surface area contributed by atoms with Crippen molar-refractivity contribution in [1.82, 2.24) is 3.96 Å². The van der Waals surface area contributed by atoms with E-state index in [1.807, 2.05) is 79.3 Å². The number of methoxy groups -OCH3 is 1. The molecule has 154 valence electrons. The molecule has 0 fully saturated rings. The fourth-order valence-corrected chi connectivity index (χ4v) is 4.05. The van der Waals surface area contributed by atoms with Gasteiger partial charge in [-0.15, -0.1) is 0 Å². The fraction of sp³-hybridized carbons (Fsp3) is 0.348. The van der Waals surface area contributed by atoms with E-state index in [4.69, 9.17) is 9.47 Å². The van der Waals surface area contributed by atoms with Gasteiger partial charge in [-0.05, 0) is 44.9 Å². The lowest BCUT2D eigenvalue weighted by Crippen LogP contribution is -2.30. The van der Waals surface area contributed by atoms with Gasteiger partial charge < -0.3 is 14.8 Å². The first-order valence-corrected chi connectivity index (χ1v) is 10.5. The number of aromatic nitrogens is 1. The van der Waals surface area contributed by atoms with E-state index in [2.05, 4.69) is 5.32 Å². The molecule has 0 spiro atoms. The van der Waals surface area contributed by atoms with Crippen LogP contribution in [0.1, 0.15) is 27.2 Å². The summed E-state index contributed by atoms with van der Waals surface area (Å²) in [7, 11) is 1.64. The maximum Gasteiger partial charge on any atom is 0.285 e. The van der Waals surface area contributed by atoms with Gasteiger partial charge in [0.2, 0.25) is 0 Å². The van der Waals surface area contributed by atoms with Crippen molar-refractivity contribution in [1.29, 1.82) is 0 Å². The highest BCUT2D eigenvalue weighted by molar-refractivity contribution is 7.11. The first-order valence-electron chi connectivity index (χ1n) is 9.73. The van der Waals surface area contributed by atoms with Crippen molar-refractivity contribution in [2.45, 2.75) is 32.7 Å². The molecule has 0 radical (unpaired) electrons. The summed E-state index contributed by atoms with van der Waals surface area (Å²) in [6.07, 6.45) is 0.774. The Morgan fingerprint density at radius 1 is 1.03 bits per heavy atom. The summed E-state index contributed by atoms with van der Waals surface area (Å²) in [4.78, 5) is 14.0. The molecule has 1 heterocycles. The van der Waals surface area contributed by atoms with E-state index >= 15 is 0 Å². The molecule has 5 nitrogen and oxygen atoms in total. The number of nitrogens with zero attached hydrogens (tertiary/aromatic N) is 1. The molecule has 0 bridgehead atoms. The van der Waals surface area contributed by atoms with Crippen LogP contribution in [0.4, 0.5) is 5.69 Å². The second kappa shape index (κ2) is 9.18. The highest BCUT2D eigenvalue weighted by Crippen LogP contribution is 2.33. The van der Waals surface area contributed by atoms with E-state index < -0.39 is 0 Å². The Balaban J connectivity index is 1.68. The largest absolute Gasteiger partial charge is 0.497 e. The molecule has 29 heavy (non-hydrogen) atoms. The number of rotatable bonds is 8. The van der Waals surface area contributed by atoms with Crippen molar-refractivity contribution in [2.75, 3.05) is 25.6 Å². The van der Waals surface area contributed by atoms with Gasteiger partial charge in [-0.2, -0.15) is 0 Å². The van der Waals surface area contributed by atoms with Gasteiger partial charge in [0.15, 0.2) is 0 Å². The highest BCUT2D eigenvalue weighted by atomic mass is 32.1. The average Bonchev–Trinajstić information content (AvgIpc) is 3.05. The Kier molecular flexibility index (Phi) is 6.64. The van der Waals surface area contributed by atoms with Gasteiger partial charge in [0.05, 0.1) is 24.1 Å². The van der Waals surface area contributed by atoms with Crippen LogP contribution in [0.3, 0.4) is 0 Å². The van der Waals surface area contributed by atoms with Crippen LogP contribution < -0.4 is 20.3 Å². The van der Waals surface area contributed by atoms with Crippen LogP contribution >= 0.6 is 11.5 Å². The van der Waals surface area contributed by atoms with E-state index in [1.165, 1.54) is 11.5 Å². The van der Waals surface area contributed by atoms with Crippen molar-refractivity contribution in [2.24, 2.45) is 0 Å². The van der Waals surface area contributed by atoms with Crippen molar-refractivity contribution in [3.8, 4) is 21.9 Å². The minimum Gasteiger partial charge on any atom is -0.497 e. The molecule has 0 atom stereocenters. The summed E-state index contributed by atoms with van der Waals surface area (Å²) in [5.41, 5.74) is 1.47. The molecule has 2 aromatic carbocycles. The fourth-order valence-electron chi connectivity index (χ4n) is 2.93. The van der Waals surface area contributed by atoms with Crippen LogP contribution in [0.5, 0.6) is 11.5 Å². The molecule has 0 aliphatic rings. The van der Waals surface area contributed by atoms with E-state index in [9.17, 15) is 4.79 Å². The van der Waals surface area contributed by atoms with Crippen LogP contribution in [0, 0.1) is 0 Å². The third kappa shape index (κ3) is 5.21. The van der Waals surface area contributed by atoms with E-state index in [1.54, 1.807) is 7.11 Å². The lowest BCUT2D eigenvalue weighted by Gasteiger charge is -2.18. The Labute approximate surface area is 176 Å². The molecule has 0 saturated heterocycles. The van der Waals surface area contributed by atoms with Gasteiger partial charge in [-0.25, -0.2) is 0 Å². The van der Waals surface area contributed by atoms with Crippen LogP contribution in [-0.2, 0) is 5.54 Å². The third-order valence-corrected chi connectivity index (χ3v) is 5.90. The first kappa shape index (κ1) is 21.0. The monoisotopic (exact) mass is 412 g/mol. The number of hydrogen-bond donors (Lipinski definition) is 1. The topological polar surface area (TPSA) is 52.5 Å². The van der Waals surface area contributed by atoms with E-state index in [0.29, 0.717) is 18.8 Å². The van der Waals surface area contributed by atoms with E-state index in [0.717, 1.165) is 28.4 Å².